The number of rotatable bonds is 3. The van der Waals surface area contributed by atoms with E-state index in [2.05, 4.69) is 0 Å². The maximum Gasteiger partial charge on any atom is 0.339 e. The number of nitrogens with zero attached hydrogens (tertiary/aromatic N) is 1. The highest BCUT2D eigenvalue weighted by Gasteiger charge is 2.41. The molecule has 22 heavy (non-hydrogen) atoms. The molecule has 0 saturated heterocycles. The zero-order valence-corrected chi connectivity index (χ0v) is 12.1. The van der Waals surface area contributed by atoms with Gasteiger partial charge in [-0.2, -0.15) is 4.31 Å². The minimum atomic E-state index is -3.97. The Morgan fingerprint density at radius 1 is 1.00 bits per heavy atom. The minimum Gasteiger partial charge on any atom is -0.439 e. The van der Waals surface area contributed by atoms with Crippen molar-refractivity contribution in [2.24, 2.45) is 0 Å². The van der Waals surface area contributed by atoms with Gasteiger partial charge >= 0.3 is 5.97 Å². The lowest BCUT2D eigenvalue weighted by molar-refractivity contribution is 0.0358. The number of carbonyl (C=O) groups excluding carboxylic acids is 2. The number of esters is 1. The van der Waals surface area contributed by atoms with E-state index < -0.39 is 28.6 Å². The van der Waals surface area contributed by atoms with Crippen molar-refractivity contribution in [1.29, 1.82) is 0 Å². The summed E-state index contributed by atoms with van der Waals surface area (Å²) >= 11 is 0. The second-order valence-corrected chi connectivity index (χ2v) is 6.41. The number of carbonyl (C=O) groups is 2. The van der Waals surface area contributed by atoms with Gasteiger partial charge in [0.15, 0.2) is 6.73 Å². The third-order valence-electron chi connectivity index (χ3n) is 3.23. The molecule has 0 atom stereocenters. The number of amides is 1. The van der Waals surface area contributed by atoms with Gasteiger partial charge in [-0.3, -0.25) is 4.79 Å². The Kier molecular flexibility index (Phi) is 3.42. The maximum atomic E-state index is 12.3. The van der Waals surface area contributed by atoms with Gasteiger partial charge in [-0.1, -0.05) is 30.3 Å². The number of benzene rings is 2. The summed E-state index contributed by atoms with van der Waals surface area (Å²) in [4.78, 5) is 23.9. The van der Waals surface area contributed by atoms with Gasteiger partial charge in [-0.25, -0.2) is 13.2 Å². The standard InChI is InChI=1S/C15H11NO5S/c17-14-12-8-4-5-9-13(12)22(19,20)16(14)10-21-15(18)11-6-2-1-3-7-11/h1-9H,10H2. The Bertz CT molecular complexity index is 845. The zero-order valence-electron chi connectivity index (χ0n) is 11.3. The van der Waals surface area contributed by atoms with E-state index in [1.807, 2.05) is 0 Å². The van der Waals surface area contributed by atoms with Gasteiger partial charge in [-0.15, -0.1) is 0 Å². The molecule has 2 aromatic rings. The zero-order chi connectivity index (χ0) is 15.7. The lowest BCUT2D eigenvalue weighted by Gasteiger charge is -2.14. The van der Waals surface area contributed by atoms with Crippen LogP contribution in [0.25, 0.3) is 0 Å². The predicted octanol–water partition coefficient (Wildman–Crippen LogP) is 1.65. The molecule has 7 heteroatoms. The predicted molar refractivity (Wildman–Crippen MR) is 76.5 cm³/mol. The molecule has 0 saturated carbocycles. The van der Waals surface area contributed by atoms with E-state index in [1.165, 1.54) is 30.3 Å². The van der Waals surface area contributed by atoms with E-state index in [1.54, 1.807) is 24.3 Å². The van der Waals surface area contributed by atoms with E-state index in [0.717, 1.165) is 0 Å². The molecule has 0 radical (unpaired) electrons. The highest BCUT2D eigenvalue weighted by molar-refractivity contribution is 7.90. The Balaban J connectivity index is 1.80. The van der Waals surface area contributed by atoms with E-state index in [-0.39, 0.29) is 16.0 Å². The molecular weight excluding hydrogens is 306 g/mol. The molecule has 2 aromatic carbocycles. The monoisotopic (exact) mass is 317 g/mol. The first-order chi connectivity index (χ1) is 10.5. The smallest absolute Gasteiger partial charge is 0.339 e. The lowest BCUT2D eigenvalue weighted by atomic mass is 10.2. The summed E-state index contributed by atoms with van der Waals surface area (Å²) in [6.45, 7) is -0.649. The second-order valence-electron chi connectivity index (χ2n) is 4.58. The molecule has 0 fully saturated rings. The minimum absolute atomic E-state index is 0.0734. The molecule has 0 bridgehead atoms. The molecule has 3 rings (SSSR count). The summed E-state index contributed by atoms with van der Waals surface area (Å²) in [6.07, 6.45) is 0. The van der Waals surface area contributed by atoms with Crippen molar-refractivity contribution < 1.29 is 22.7 Å². The molecule has 0 aromatic heterocycles. The second kappa shape index (κ2) is 5.27. The Hall–Kier alpha value is -2.67. The first kappa shape index (κ1) is 14.3. The highest BCUT2D eigenvalue weighted by atomic mass is 32.2. The molecule has 112 valence electrons. The van der Waals surface area contributed by atoms with Gasteiger partial charge < -0.3 is 4.74 Å². The van der Waals surface area contributed by atoms with Gasteiger partial charge in [0, 0.05) is 0 Å². The van der Waals surface area contributed by atoms with Crippen molar-refractivity contribution in [3.63, 3.8) is 0 Å². The SMILES string of the molecule is O=C(OCN1C(=O)c2ccccc2S1(=O)=O)c1ccccc1. The first-order valence-corrected chi connectivity index (χ1v) is 7.84. The fourth-order valence-corrected chi connectivity index (χ4v) is 3.56. The van der Waals surface area contributed by atoms with Crippen LogP contribution in [0.5, 0.6) is 0 Å². The van der Waals surface area contributed by atoms with E-state index in [0.29, 0.717) is 4.31 Å². The average Bonchev–Trinajstić information content (AvgIpc) is 2.73. The van der Waals surface area contributed by atoms with Crippen LogP contribution >= 0.6 is 0 Å². The Labute approximate surface area is 127 Å². The van der Waals surface area contributed by atoms with Crippen LogP contribution in [-0.2, 0) is 14.8 Å². The van der Waals surface area contributed by atoms with Crippen LogP contribution in [0.4, 0.5) is 0 Å². The average molecular weight is 317 g/mol. The molecular formula is C15H11NO5S. The first-order valence-electron chi connectivity index (χ1n) is 6.40. The molecule has 1 heterocycles. The summed E-state index contributed by atoms with van der Waals surface area (Å²) in [5, 5.41) is 0. The fraction of sp³-hybridized carbons (Fsp3) is 0.0667. The van der Waals surface area contributed by atoms with Crippen LogP contribution in [0, 0.1) is 0 Å². The third kappa shape index (κ3) is 2.25. The number of hydrogen-bond donors (Lipinski definition) is 0. The van der Waals surface area contributed by atoms with Crippen molar-refractivity contribution in [2.75, 3.05) is 6.73 Å². The van der Waals surface area contributed by atoms with Crippen molar-refractivity contribution >= 4 is 21.9 Å². The Morgan fingerprint density at radius 3 is 2.32 bits per heavy atom. The fourth-order valence-electron chi connectivity index (χ4n) is 2.13. The Morgan fingerprint density at radius 2 is 1.64 bits per heavy atom. The highest BCUT2D eigenvalue weighted by Crippen LogP contribution is 2.29. The normalized spacial score (nSPS) is 15.5. The summed E-state index contributed by atoms with van der Waals surface area (Å²) in [6, 6.07) is 14.0. The topological polar surface area (TPSA) is 80.8 Å². The molecule has 0 unspecified atom stereocenters. The van der Waals surface area contributed by atoms with Crippen LogP contribution in [0.2, 0.25) is 0 Å². The molecule has 6 nitrogen and oxygen atoms in total. The summed E-state index contributed by atoms with van der Waals surface area (Å²) in [5.41, 5.74) is 0.363. The summed E-state index contributed by atoms with van der Waals surface area (Å²) in [5.74, 6) is -1.39. The lowest BCUT2D eigenvalue weighted by Crippen LogP contribution is -2.33. The van der Waals surface area contributed by atoms with Crippen LogP contribution in [0.3, 0.4) is 0 Å². The molecule has 1 aliphatic heterocycles. The van der Waals surface area contributed by atoms with E-state index >= 15 is 0 Å². The quantitative estimate of drug-likeness (QED) is 0.804. The van der Waals surface area contributed by atoms with Crippen molar-refractivity contribution in [3.05, 3.63) is 65.7 Å². The number of ether oxygens (including phenoxy) is 1. The molecule has 1 aliphatic rings. The number of hydrogen-bond acceptors (Lipinski definition) is 5. The number of sulfonamides is 1. The van der Waals surface area contributed by atoms with Gasteiger partial charge in [0.25, 0.3) is 15.9 Å². The third-order valence-corrected chi connectivity index (χ3v) is 5.00. The van der Waals surface area contributed by atoms with Crippen molar-refractivity contribution in [1.82, 2.24) is 4.31 Å². The van der Waals surface area contributed by atoms with Crippen molar-refractivity contribution in [3.8, 4) is 0 Å². The number of fused-ring (bicyclic) bond motifs is 1. The summed E-state index contributed by atoms with van der Waals surface area (Å²) in [7, 11) is -3.97. The molecule has 0 aliphatic carbocycles. The maximum absolute atomic E-state index is 12.3. The van der Waals surface area contributed by atoms with Gasteiger partial charge in [0.2, 0.25) is 0 Å². The van der Waals surface area contributed by atoms with Crippen LogP contribution in [-0.4, -0.2) is 31.3 Å². The van der Waals surface area contributed by atoms with Crippen LogP contribution in [0.15, 0.2) is 59.5 Å². The largest absolute Gasteiger partial charge is 0.439 e. The van der Waals surface area contributed by atoms with Gasteiger partial charge in [-0.05, 0) is 24.3 Å². The van der Waals surface area contributed by atoms with Crippen LogP contribution in [0.1, 0.15) is 20.7 Å². The molecule has 1 amide bonds. The molecule has 0 spiro atoms. The molecule has 0 N–H and O–H groups in total. The van der Waals surface area contributed by atoms with Gasteiger partial charge in [0.05, 0.1) is 11.1 Å². The summed E-state index contributed by atoms with van der Waals surface area (Å²) < 4.78 is 30.0. The van der Waals surface area contributed by atoms with Crippen molar-refractivity contribution in [2.45, 2.75) is 4.90 Å². The van der Waals surface area contributed by atoms with Gasteiger partial charge in [0.1, 0.15) is 4.90 Å². The van der Waals surface area contributed by atoms with Crippen LogP contribution < -0.4 is 0 Å². The van der Waals surface area contributed by atoms with E-state index in [4.69, 9.17) is 4.74 Å². The van der Waals surface area contributed by atoms with E-state index in [9.17, 15) is 18.0 Å².